The molecule has 3 aromatic rings. The summed E-state index contributed by atoms with van der Waals surface area (Å²) in [6.45, 7) is 2.47. The normalized spacial score (nSPS) is 16.1. The Morgan fingerprint density at radius 2 is 1.88 bits per heavy atom. The number of hydrogen-bond donors (Lipinski definition) is 3. The van der Waals surface area contributed by atoms with Crippen LogP contribution < -0.4 is 16.0 Å². The summed E-state index contributed by atoms with van der Waals surface area (Å²) in [6, 6.07) is 14.9. The van der Waals surface area contributed by atoms with E-state index in [1.165, 1.54) is 12.8 Å². The van der Waals surface area contributed by atoms with Crippen LogP contribution in [0.2, 0.25) is 0 Å². The fourth-order valence-corrected chi connectivity index (χ4v) is 4.19. The standard InChI is InChI=1S/C27H31N5O2/c1-2-3-7-24(33)32-27(12-13-27)26(34)28-16-18-5-4-6-19(14-18)20-8-11-23-22(15-20)25(30-17-29-23)31-21-9-10-21/h4-6,8,11,14-15,17,21H,2-3,7,9-10,12-13,16H2,1H3,(H,28,34)(H,32,33)(H,29,30,31). The Morgan fingerprint density at radius 3 is 2.65 bits per heavy atom. The van der Waals surface area contributed by atoms with E-state index in [4.69, 9.17) is 0 Å². The lowest BCUT2D eigenvalue weighted by molar-refractivity contribution is -0.130. The minimum absolute atomic E-state index is 0.0349. The summed E-state index contributed by atoms with van der Waals surface area (Å²) in [4.78, 5) is 33.8. The van der Waals surface area contributed by atoms with Gasteiger partial charge in [0.2, 0.25) is 11.8 Å². The monoisotopic (exact) mass is 457 g/mol. The number of carbonyl (C=O) groups is 2. The van der Waals surface area contributed by atoms with Crippen molar-refractivity contribution in [2.45, 2.75) is 70.0 Å². The van der Waals surface area contributed by atoms with E-state index in [1.807, 2.05) is 18.2 Å². The molecule has 176 valence electrons. The van der Waals surface area contributed by atoms with Crippen molar-refractivity contribution in [1.29, 1.82) is 0 Å². The fraction of sp³-hybridized carbons (Fsp3) is 0.407. The van der Waals surface area contributed by atoms with E-state index in [0.29, 0.717) is 31.8 Å². The van der Waals surface area contributed by atoms with Crippen molar-refractivity contribution >= 4 is 28.5 Å². The number of unbranched alkanes of at least 4 members (excludes halogenated alkanes) is 1. The molecule has 5 rings (SSSR count). The summed E-state index contributed by atoms with van der Waals surface area (Å²) in [5.41, 5.74) is 3.37. The Labute approximate surface area is 199 Å². The minimum atomic E-state index is -0.717. The van der Waals surface area contributed by atoms with Crippen LogP contribution in [0.4, 0.5) is 5.82 Å². The molecule has 0 radical (unpaired) electrons. The number of benzene rings is 2. The van der Waals surface area contributed by atoms with Gasteiger partial charge in [0, 0.05) is 24.4 Å². The van der Waals surface area contributed by atoms with Crippen LogP contribution in [0, 0.1) is 0 Å². The van der Waals surface area contributed by atoms with Gasteiger partial charge in [-0.15, -0.1) is 0 Å². The Balaban J connectivity index is 1.27. The molecular formula is C27H31N5O2. The predicted molar refractivity (Wildman–Crippen MR) is 133 cm³/mol. The van der Waals surface area contributed by atoms with Crippen molar-refractivity contribution in [3.63, 3.8) is 0 Å². The van der Waals surface area contributed by atoms with Crippen molar-refractivity contribution in [1.82, 2.24) is 20.6 Å². The van der Waals surface area contributed by atoms with Crippen molar-refractivity contribution in [3.8, 4) is 11.1 Å². The SMILES string of the molecule is CCCCC(=O)NC1(C(=O)NCc2cccc(-c3ccc4ncnc(NC5CC5)c4c3)c2)CC1. The minimum Gasteiger partial charge on any atom is -0.367 e. The summed E-state index contributed by atoms with van der Waals surface area (Å²) < 4.78 is 0. The molecule has 2 aliphatic rings. The maximum absolute atomic E-state index is 12.8. The van der Waals surface area contributed by atoms with E-state index in [0.717, 1.165) is 46.3 Å². The third kappa shape index (κ3) is 5.03. The second-order valence-corrected chi connectivity index (χ2v) is 9.49. The van der Waals surface area contributed by atoms with Crippen molar-refractivity contribution in [3.05, 3.63) is 54.4 Å². The molecule has 0 unspecified atom stereocenters. The lowest BCUT2D eigenvalue weighted by atomic mass is 10.0. The molecule has 2 aromatic carbocycles. The molecular weight excluding hydrogens is 426 g/mol. The molecule has 0 bridgehead atoms. The molecule has 2 fully saturated rings. The Kier molecular flexibility index (Phi) is 6.18. The van der Waals surface area contributed by atoms with E-state index in [9.17, 15) is 9.59 Å². The Bertz CT molecular complexity index is 1220. The van der Waals surface area contributed by atoms with Gasteiger partial charge in [0.1, 0.15) is 17.7 Å². The van der Waals surface area contributed by atoms with E-state index in [2.05, 4.69) is 57.1 Å². The van der Waals surface area contributed by atoms with Gasteiger partial charge in [0.05, 0.1) is 5.52 Å². The summed E-state index contributed by atoms with van der Waals surface area (Å²) >= 11 is 0. The fourth-order valence-electron chi connectivity index (χ4n) is 4.19. The molecule has 3 N–H and O–H groups in total. The maximum Gasteiger partial charge on any atom is 0.246 e. The van der Waals surface area contributed by atoms with Crippen LogP contribution in [-0.2, 0) is 16.1 Å². The van der Waals surface area contributed by atoms with Crippen molar-refractivity contribution in [2.75, 3.05) is 5.32 Å². The number of nitrogens with zero attached hydrogens (tertiary/aromatic N) is 2. The first-order chi connectivity index (χ1) is 16.6. The van der Waals surface area contributed by atoms with Crippen LogP contribution >= 0.6 is 0 Å². The van der Waals surface area contributed by atoms with Gasteiger partial charge in [-0.3, -0.25) is 9.59 Å². The molecule has 0 saturated heterocycles. The molecule has 0 atom stereocenters. The highest BCUT2D eigenvalue weighted by Crippen LogP contribution is 2.36. The van der Waals surface area contributed by atoms with Crippen LogP contribution in [0.1, 0.15) is 57.4 Å². The molecule has 7 nitrogen and oxygen atoms in total. The van der Waals surface area contributed by atoms with Crippen LogP contribution in [0.15, 0.2) is 48.8 Å². The summed E-state index contributed by atoms with van der Waals surface area (Å²) in [5, 5.41) is 10.5. The number of carbonyl (C=O) groups excluding carboxylic acids is 2. The van der Waals surface area contributed by atoms with E-state index < -0.39 is 5.54 Å². The number of anilines is 1. The van der Waals surface area contributed by atoms with Gasteiger partial charge in [0.25, 0.3) is 0 Å². The predicted octanol–water partition coefficient (Wildman–Crippen LogP) is 4.33. The van der Waals surface area contributed by atoms with Crippen LogP contribution in [0.25, 0.3) is 22.0 Å². The molecule has 1 aromatic heterocycles. The third-order valence-corrected chi connectivity index (χ3v) is 6.59. The van der Waals surface area contributed by atoms with Crippen molar-refractivity contribution in [2.24, 2.45) is 0 Å². The first kappa shape index (κ1) is 22.3. The van der Waals surface area contributed by atoms with Gasteiger partial charge in [-0.1, -0.05) is 37.6 Å². The largest absolute Gasteiger partial charge is 0.367 e. The second kappa shape index (κ2) is 9.41. The number of fused-ring (bicyclic) bond motifs is 1. The molecule has 1 heterocycles. The molecule has 2 saturated carbocycles. The van der Waals surface area contributed by atoms with Gasteiger partial charge >= 0.3 is 0 Å². The van der Waals surface area contributed by atoms with Gasteiger partial charge < -0.3 is 16.0 Å². The zero-order chi connectivity index (χ0) is 23.5. The number of aromatic nitrogens is 2. The quantitative estimate of drug-likeness (QED) is 0.421. The van der Waals surface area contributed by atoms with Gasteiger partial charge in [-0.25, -0.2) is 9.97 Å². The number of nitrogens with one attached hydrogen (secondary N) is 3. The van der Waals surface area contributed by atoms with Crippen LogP contribution in [0.3, 0.4) is 0 Å². The molecule has 34 heavy (non-hydrogen) atoms. The summed E-state index contributed by atoms with van der Waals surface area (Å²) in [6.07, 6.45) is 7.66. The van der Waals surface area contributed by atoms with Crippen LogP contribution in [-0.4, -0.2) is 33.4 Å². The molecule has 7 heteroatoms. The summed E-state index contributed by atoms with van der Waals surface area (Å²) in [5.74, 6) is 0.752. The Hall–Kier alpha value is -3.48. The Morgan fingerprint density at radius 1 is 1.06 bits per heavy atom. The highest BCUT2D eigenvalue weighted by Gasteiger charge is 2.50. The second-order valence-electron chi connectivity index (χ2n) is 9.49. The number of hydrogen-bond acceptors (Lipinski definition) is 5. The molecule has 0 spiro atoms. The third-order valence-electron chi connectivity index (χ3n) is 6.59. The molecule has 2 amide bonds. The zero-order valence-corrected chi connectivity index (χ0v) is 19.6. The summed E-state index contributed by atoms with van der Waals surface area (Å²) in [7, 11) is 0. The topological polar surface area (TPSA) is 96.0 Å². The average Bonchev–Trinajstić information content (AvgIpc) is 3.79. The highest BCUT2D eigenvalue weighted by atomic mass is 16.2. The zero-order valence-electron chi connectivity index (χ0n) is 19.6. The molecule has 0 aliphatic heterocycles. The van der Waals surface area contributed by atoms with Gasteiger partial charge in [-0.05, 0) is 67.0 Å². The van der Waals surface area contributed by atoms with Crippen molar-refractivity contribution < 1.29 is 9.59 Å². The first-order valence-electron chi connectivity index (χ1n) is 12.3. The average molecular weight is 458 g/mol. The lowest BCUT2D eigenvalue weighted by Gasteiger charge is -2.17. The maximum atomic E-state index is 12.8. The highest BCUT2D eigenvalue weighted by molar-refractivity contribution is 5.94. The van der Waals surface area contributed by atoms with E-state index in [1.54, 1.807) is 6.33 Å². The molecule has 2 aliphatic carbocycles. The van der Waals surface area contributed by atoms with Crippen LogP contribution in [0.5, 0.6) is 0 Å². The smallest absolute Gasteiger partial charge is 0.246 e. The van der Waals surface area contributed by atoms with E-state index in [-0.39, 0.29) is 11.8 Å². The van der Waals surface area contributed by atoms with Gasteiger partial charge in [-0.2, -0.15) is 0 Å². The first-order valence-corrected chi connectivity index (χ1v) is 12.3. The lowest BCUT2D eigenvalue weighted by Crippen LogP contribution is -2.48. The number of amides is 2. The number of rotatable bonds is 10. The van der Waals surface area contributed by atoms with Gasteiger partial charge in [0.15, 0.2) is 0 Å². The van der Waals surface area contributed by atoms with E-state index >= 15 is 0 Å².